The molecule has 2 N–H and O–H groups in total. The largest absolute Gasteiger partial charge is 0.357 e. The molecule has 9 nitrogen and oxygen atoms in total. The lowest BCUT2D eigenvalue weighted by Crippen LogP contribution is -2.59. The van der Waals surface area contributed by atoms with Crippen molar-refractivity contribution in [1.29, 1.82) is 0 Å². The Kier molecular flexibility index (Phi) is 9.67. The maximum atomic E-state index is 13.0. The Labute approximate surface area is 188 Å². The van der Waals surface area contributed by atoms with Gasteiger partial charge in [0.1, 0.15) is 12.1 Å². The average Bonchev–Trinajstić information content (AvgIpc) is 2.99. The van der Waals surface area contributed by atoms with Crippen molar-refractivity contribution in [1.82, 2.24) is 20.4 Å². The molecule has 0 saturated carbocycles. The molecule has 3 atom stereocenters. The first kappa shape index (κ1) is 26.3. The normalized spacial score (nSPS) is 17.4. The number of amides is 5. The molecule has 11 heteroatoms. The van der Waals surface area contributed by atoms with Gasteiger partial charge in [-0.2, -0.15) is 25.3 Å². The fraction of sp³-hybridized carbons (Fsp3) is 0.737. The number of likely N-dealkylation sites (tertiary alicyclic amines) is 1. The topological polar surface area (TPSA) is 116 Å². The van der Waals surface area contributed by atoms with Gasteiger partial charge in [-0.3, -0.25) is 28.9 Å². The number of likely N-dealkylation sites (N-methyl/N-ethyl adjacent to an activating group) is 2. The number of imide groups is 1. The van der Waals surface area contributed by atoms with E-state index in [-0.39, 0.29) is 49.3 Å². The second-order valence-electron chi connectivity index (χ2n) is 8.32. The van der Waals surface area contributed by atoms with Crippen LogP contribution in [0.5, 0.6) is 0 Å². The van der Waals surface area contributed by atoms with Gasteiger partial charge in [0.05, 0.1) is 5.25 Å². The maximum absolute atomic E-state index is 13.0. The van der Waals surface area contributed by atoms with Crippen molar-refractivity contribution in [3.8, 4) is 0 Å². The fourth-order valence-corrected chi connectivity index (χ4v) is 3.81. The summed E-state index contributed by atoms with van der Waals surface area (Å²) in [5.41, 5.74) is -0.531. The smallest absolute Gasteiger partial charge is 0.246 e. The predicted molar refractivity (Wildman–Crippen MR) is 119 cm³/mol. The van der Waals surface area contributed by atoms with Gasteiger partial charge in [-0.05, 0) is 11.8 Å². The molecule has 1 fully saturated rings. The Morgan fingerprint density at radius 1 is 1.13 bits per heavy atom. The van der Waals surface area contributed by atoms with Crippen LogP contribution in [0.15, 0.2) is 0 Å². The molecule has 0 aliphatic carbocycles. The van der Waals surface area contributed by atoms with Gasteiger partial charge in [-0.15, -0.1) is 0 Å². The minimum atomic E-state index is -0.954. The molecule has 5 amide bonds. The molecular weight excluding hydrogens is 428 g/mol. The van der Waals surface area contributed by atoms with Gasteiger partial charge in [0, 0.05) is 39.2 Å². The number of rotatable bonds is 9. The zero-order valence-electron chi connectivity index (χ0n) is 18.1. The van der Waals surface area contributed by atoms with E-state index in [4.69, 9.17) is 0 Å². The third-order valence-electron chi connectivity index (χ3n) is 4.93. The van der Waals surface area contributed by atoms with Crippen LogP contribution >= 0.6 is 25.3 Å². The van der Waals surface area contributed by atoms with Crippen molar-refractivity contribution in [3.63, 3.8) is 0 Å². The van der Waals surface area contributed by atoms with Crippen molar-refractivity contribution < 1.29 is 24.0 Å². The molecule has 1 rings (SSSR count). The number of nitrogens with one attached hydrogen (secondary N) is 2. The molecule has 0 aromatic carbocycles. The highest BCUT2D eigenvalue weighted by Gasteiger charge is 2.39. The molecule has 1 aliphatic heterocycles. The lowest BCUT2D eigenvalue weighted by Gasteiger charge is -2.38. The first-order chi connectivity index (χ1) is 13.8. The molecule has 170 valence electrons. The van der Waals surface area contributed by atoms with Gasteiger partial charge in [0.2, 0.25) is 29.5 Å². The third kappa shape index (κ3) is 6.63. The minimum Gasteiger partial charge on any atom is -0.357 e. The summed E-state index contributed by atoms with van der Waals surface area (Å²) < 4.78 is 0. The van der Waals surface area contributed by atoms with Crippen LogP contribution in [0, 0.1) is 5.41 Å². The van der Waals surface area contributed by atoms with Crippen LogP contribution in [0.25, 0.3) is 0 Å². The van der Waals surface area contributed by atoms with E-state index in [0.717, 1.165) is 4.90 Å². The lowest BCUT2D eigenvalue weighted by atomic mass is 9.85. The summed E-state index contributed by atoms with van der Waals surface area (Å²) in [6.45, 7) is 5.63. The lowest BCUT2D eigenvalue weighted by molar-refractivity contribution is -0.144. The Morgan fingerprint density at radius 3 is 2.10 bits per heavy atom. The van der Waals surface area contributed by atoms with E-state index in [1.54, 1.807) is 0 Å². The zero-order valence-corrected chi connectivity index (χ0v) is 19.9. The quantitative estimate of drug-likeness (QED) is 0.282. The number of carbonyl (C=O) groups is 5. The van der Waals surface area contributed by atoms with Gasteiger partial charge in [0.25, 0.3) is 0 Å². The third-order valence-corrected chi connectivity index (χ3v) is 5.79. The molecule has 1 saturated heterocycles. The Hall–Kier alpha value is -1.75. The van der Waals surface area contributed by atoms with E-state index in [9.17, 15) is 24.0 Å². The Bertz CT molecular complexity index is 679. The second kappa shape index (κ2) is 11.0. The Morgan fingerprint density at radius 2 is 1.67 bits per heavy atom. The van der Waals surface area contributed by atoms with Crippen molar-refractivity contribution in [3.05, 3.63) is 0 Å². The van der Waals surface area contributed by atoms with Crippen LogP contribution in [0.2, 0.25) is 0 Å². The van der Waals surface area contributed by atoms with E-state index in [1.807, 2.05) is 20.8 Å². The number of nitrogens with zero attached hydrogens (tertiary/aromatic N) is 2. The van der Waals surface area contributed by atoms with Crippen LogP contribution in [-0.4, -0.2) is 83.1 Å². The van der Waals surface area contributed by atoms with E-state index in [0.29, 0.717) is 0 Å². The van der Waals surface area contributed by atoms with Crippen LogP contribution in [0.3, 0.4) is 0 Å². The van der Waals surface area contributed by atoms with Gasteiger partial charge in [-0.1, -0.05) is 20.8 Å². The minimum absolute atomic E-state index is 0.0309. The van der Waals surface area contributed by atoms with Gasteiger partial charge >= 0.3 is 0 Å². The van der Waals surface area contributed by atoms with Gasteiger partial charge in [-0.25, -0.2) is 0 Å². The highest BCUT2D eigenvalue weighted by atomic mass is 32.1. The first-order valence-electron chi connectivity index (χ1n) is 9.75. The molecule has 0 spiro atoms. The Balaban J connectivity index is 2.77. The van der Waals surface area contributed by atoms with Crippen LogP contribution < -0.4 is 10.6 Å². The molecule has 1 aliphatic rings. The molecular formula is C19H32N4O5S2. The number of thiol groups is 2. The number of carbonyl (C=O) groups excluding carboxylic acids is 5. The van der Waals surface area contributed by atoms with Crippen LogP contribution in [0.1, 0.15) is 40.0 Å². The average molecular weight is 461 g/mol. The van der Waals surface area contributed by atoms with Crippen molar-refractivity contribution in [2.45, 2.75) is 57.4 Å². The molecule has 0 radical (unpaired) electrons. The summed E-state index contributed by atoms with van der Waals surface area (Å²) in [4.78, 5) is 63.6. The van der Waals surface area contributed by atoms with Gasteiger partial charge in [0.15, 0.2) is 0 Å². The highest BCUT2D eigenvalue weighted by Crippen LogP contribution is 2.24. The summed E-state index contributed by atoms with van der Waals surface area (Å²) in [6.07, 6.45) is 0.537. The monoisotopic (exact) mass is 460 g/mol. The van der Waals surface area contributed by atoms with E-state index >= 15 is 0 Å². The molecule has 0 aromatic heterocycles. The molecule has 0 bridgehead atoms. The van der Waals surface area contributed by atoms with E-state index in [2.05, 4.69) is 35.9 Å². The highest BCUT2D eigenvalue weighted by molar-refractivity contribution is 7.81. The van der Waals surface area contributed by atoms with Crippen molar-refractivity contribution in [2.75, 3.05) is 26.4 Å². The summed E-state index contributed by atoms with van der Waals surface area (Å²) in [5, 5.41) is 4.35. The first-order valence-corrected chi connectivity index (χ1v) is 10.9. The summed E-state index contributed by atoms with van der Waals surface area (Å²) in [5.74, 6) is -1.75. The molecule has 1 unspecified atom stereocenters. The van der Waals surface area contributed by atoms with Crippen LogP contribution in [0.4, 0.5) is 0 Å². The van der Waals surface area contributed by atoms with Crippen molar-refractivity contribution >= 4 is 54.8 Å². The summed E-state index contributed by atoms with van der Waals surface area (Å²) in [6, 6.07) is -1.70. The van der Waals surface area contributed by atoms with Gasteiger partial charge < -0.3 is 15.5 Å². The predicted octanol–water partition coefficient (Wildman–Crippen LogP) is -0.142. The SMILES string of the molecule is CNC(=O)[C@@H](N(C)C(=O)C(CS)NC(=O)[C@@H](S)CCN1C(=O)CCC1=O)C(C)(C)C. The molecule has 30 heavy (non-hydrogen) atoms. The summed E-state index contributed by atoms with van der Waals surface area (Å²) in [7, 11) is 3.01. The second-order valence-corrected chi connectivity index (χ2v) is 9.31. The van der Waals surface area contributed by atoms with E-state index in [1.165, 1.54) is 19.0 Å². The van der Waals surface area contributed by atoms with Crippen LogP contribution in [-0.2, 0) is 24.0 Å². The summed E-state index contributed by atoms with van der Waals surface area (Å²) >= 11 is 8.42. The number of hydrogen-bond donors (Lipinski definition) is 4. The van der Waals surface area contributed by atoms with E-state index < -0.39 is 34.6 Å². The zero-order chi connectivity index (χ0) is 23.2. The maximum Gasteiger partial charge on any atom is 0.246 e. The molecule has 0 aromatic rings. The fourth-order valence-electron chi connectivity index (χ4n) is 3.37. The standard InChI is InChI=1S/C19H32N4O5S2/c1-19(2,3)15(17(27)20-4)22(5)18(28)11(10-29)21-16(26)12(30)8-9-23-13(24)6-7-14(23)25/h11-12,15,29-30H,6-10H2,1-5H3,(H,20,27)(H,21,26)/t11?,12-,15+/m0/s1. The number of hydrogen-bond acceptors (Lipinski definition) is 7. The van der Waals surface area contributed by atoms with Crippen molar-refractivity contribution in [2.24, 2.45) is 5.41 Å². The molecule has 1 heterocycles.